The predicted molar refractivity (Wildman–Crippen MR) is 126 cm³/mol. The number of pyridine rings is 1. The van der Waals surface area contributed by atoms with Gasteiger partial charge < -0.3 is 14.8 Å². The van der Waals surface area contributed by atoms with Crippen LogP contribution < -0.4 is 5.32 Å². The molecule has 2 aromatic heterocycles. The lowest BCUT2D eigenvalue weighted by Crippen LogP contribution is -2.40. The molecule has 4 nitrogen and oxygen atoms in total. The quantitative estimate of drug-likeness (QED) is 0.620. The van der Waals surface area contributed by atoms with E-state index in [1.165, 1.54) is 74.7 Å². The first-order chi connectivity index (χ1) is 14.6. The monoisotopic (exact) mass is 422 g/mol. The van der Waals surface area contributed by atoms with E-state index in [9.17, 15) is 0 Å². The number of hydrogen-bond acceptors (Lipinski definition) is 2. The van der Waals surface area contributed by atoms with Crippen molar-refractivity contribution in [1.29, 1.82) is 0 Å². The number of aryl methyl sites for hydroxylation is 1. The first-order valence-corrected chi connectivity index (χ1v) is 12.2. The lowest BCUT2D eigenvalue weighted by molar-refractivity contribution is 0.196. The second-order valence-corrected chi connectivity index (χ2v) is 9.85. The molecule has 1 N–H and O–H groups in total. The second-order valence-electron chi connectivity index (χ2n) is 9.46. The summed E-state index contributed by atoms with van der Waals surface area (Å²) in [6, 6.07) is 10.2. The number of aromatic nitrogens is 2. The normalized spacial score (nSPS) is 25.8. The van der Waals surface area contributed by atoms with E-state index < -0.39 is 0 Å². The highest BCUT2D eigenvalue weighted by Crippen LogP contribution is 2.45. The molecule has 2 atom stereocenters. The summed E-state index contributed by atoms with van der Waals surface area (Å²) in [7, 11) is 0. The topological polar surface area (TPSA) is 33.1 Å². The summed E-state index contributed by atoms with van der Waals surface area (Å²) < 4.78 is 2.62. The zero-order valence-corrected chi connectivity index (χ0v) is 19.1. The largest absolute Gasteiger partial charge is 0.352 e. The third-order valence-electron chi connectivity index (χ3n) is 7.64. The van der Waals surface area contributed by atoms with Gasteiger partial charge in [0.1, 0.15) is 0 Å². The Morgan fingerprint density at radius 1 is 0.967 bits per heavy atom. The van der Waals surface area contributed by atoms with Gasteiger partial charge in [-0.15, -0.1) is 0 Å². The standard InChI is InChI=1S/C25H34N4S/c1-17-16-21(18(2)28(17)19-12-6-7-13-19)24-23(22-14-8-9-15-26-22)27-25(30)29(24)20-10-4-3-5-11-20/h8-9,14-16,19-20,23-24H,3-7,10-13H2,1-2H3,(H,27,30)/t23-,24+/m1/s1. The molecule has 3 aliphatic rings. The highest BCUT2D eigenvalue weighted by molar-refractivity contribution is 7.80. The summed E-state index contributed by atoms with van der Waals surface area (Å²) in [5.41, 5.74) is 5.36. The molecule has 160 valence electrons. The number of nitrogens with one attached hydrogen (secondary N) is 1. The third kappa shape index (κ3) is 3.45. The predicted octanol–water partition coefficient (Wildman–Crippen LogP) is 5.92. The number of nitrogens with zero attached hydrogens (tertiary/aromatic N) is 3. The van der Waals surface area contributed by atoms with Crippen LogP contribution in [0.1, 0.15) is 98.6 Å². The molecule has 1 saturated heterocycles. The van der Waals surface area contributed by atoms with Crippen LogP contribution in [0.5, 0.6) is 0 Å². The van der Waals surface area contributed by atoms with Gasteiger partial charge in [0.05, 0.1) is 17.8 Å². The zero-order chi connectivity index (χ0) is 20.7. The molecule has 0 unspecified atom stereocenters. The van der Waals surface area contributed by atoms with E-state index in [1.54, 1.807) is 0 Å². The van der Waals surface area contributed by atoms with Crippen LogP contribution in [-0.2, 0) is 0 Å². The van der Waals surface area contributed by atoms with E-state index in [4.69, 9.17) is 17.2 Å². The van der Waals surface area contributed by atoms with Crippen molar-refractivity contribution in [2.75, 3.05) is 0 Å². The molecule has 2 aromatic rings. The number of thiocarbonyl (C=S) groups is 1. The second kappa shape index (κ2) is 8.33. The van der Waals surface area contributed by atoms with Crippen molar-refractivity contribution >= 4 is 17.3 Å². The Kier molecular flexibility index (Phi) is 5.57. The van der Waals surface area contributed by atoms with Gasteiger partial charge in [-0.1, -0.05) is 38.2 Å². The van der Waals surface area contributed by atoms with Crippen molar-refractivity contribution in [3.8, 4) is 0 Å². The van der Waals surface area contributed by atoms with Gasteiger partial charge in [0.15, 0.2) is 5.11 Å². The van der Waals surface area contributed by atoms with Crippen molar-refractivity contribution in [1.82, 2.24) is 19.8 Å². The van der Waals surface area contributed by atoms with E-state index in [-0.39, 0.29) is 12.1 Å². The Balaban J connectivity index is 1.58. The van der Waals surface area contributed by atoms with Gasteiger partial charge in [-0.05, 0) is 75.5 Å². The molecule has 2 aliphatic carbocycles. The van der Waals surface area contributed by atoms with Crippen molar-refractivity contribution in [2.45, 2.75) is 95.8 Å². The van der Waals surface area contributed by atoms with Crippen LogP contribution in [0, 0.1) is 13.8 Å². The van der Waals surface area contributed by atoms with Crippen LogP contribution in [0.3, 0.4) is 0 Å². The summed E-state index contributed by atoms with van der Waals surface area (Å²) in [6.45, 7) is 4.62. The van der Waals surface area contributed by atoms with Crippen molar-refractivity contribution < 1.29 is 0 Å². The Morgan fingerprint density at radius 2 is 1.67 bits per heavy atom. The molecule has 3 fully saturated rings. The van der Waals surface area contributed by atoms with Crippen molar-refractivity contribution in [3.63, 3.8) is 0 Å². The highest BCUT2D eigenvalue weighted by atomic mass is 32.1. The average Bonchev–Trinajstić information content (AvgIpc) is 3.47. The molecule has 0 radical (unpaired) electrons. The first kappa shape index (κ1) is 20.0. The fourth-order valence-electron chi connectivity index (χ4n) is 6.28. The van der Waals surface area contributed by atoms with Crippen LogP contribution in [0.4, 0.5) is 0 Å². The maximum Gasteiger partial charge on any atom is 0.170 e. The number of rotatable bonds is 4. The summed E-state index contributed by atoms with van der Waals surface area (Å²) in [4.78, 5) is 7.28. The molecule has 0 spiro atoms. The molecular weight excluding hydrogens is 388 g/mol. The minimum absolute atomic E-state index is 0.109. The molecule has 2 saturated carbocycles. The Morgan fingerprint density at radius 3 is 2.37 bits per heavy atom. The van der Waals surface area contributed by atoms with Gasteiger partial charge in [-0.2, -0.15) is 0 Å². The zero-order valence-electron chi connectivity index (χ0n) is 18.3. The van der Waals surface area contributed by atoms with Crippen LogP contribution in [0.25, 0.3) is 0 Å². The Hall–Kier alpha value is -1.88. The minimum Gasteiger partial charge on any atom is -0.352 e. The Labute approximate surface area is 186 Å². The molecule has 5 heteroatoms. The van der Waals surface area contributed by atoms with Crippen LogP contribution in [-0.4, -0.2) is 25.6 Å². The molecule has 5 rings (SSSR count). The fraction of sp³-hybridized carbons (Fsp3) is 0.600. The van der Waals surface area contributed by atoms with Gasteiger partial charge in [-0.3, -0.25) is 4.98 Å². The molecule has 1 aliphatic heterocycles. The van der Waals surface area contributed by atoms with Crippen LogP contribution in [0.2, 0.25) is 0 Å². The summed E-state index contributed by atoms with van der Waals surface area (Å²) in [5, 5.41) is 4.59. The van der Waals surface area contributed by atoms with Gasteiger partial charge in [0.25, 0.3) is 0 Å². The van der Waals surface area contributed by atoms with Gasteiger partial charge >= 0.3 is 0 Å². The summed E-state index contributed by atoms with van der Waals surface area (Å²) in [6.07, 6.45) is 13.7. The molecule has 30 heavy (non-hydrogen) atoms. The summed E-state index contributed by atoms with van der Waals surface area (Å²) >= 11 is 5.95. The number of hydrogen-bond donors (Lipinski definition) is 1. The van der Waals surface area contributed by atoms with Crippen molar-refractivity contribution in [3.05, 3.63) is 53.1 Å². The molecule has 0 amide bonds. The maximum absolute atomic E-state index is 5.95. The molecule has 3 heterocycles. The van der Waals surface area contributed by atoms with E-state index in [0.717, 1.165) is 10.8 Å². The van der Waals surface area contributed by atoms with E-state index in [0.29, 0.717) is 12.1 Å². The lowest BCUT2D eigenvalue weighted by atomic mass is 9.90. The van der Waals surface area contributed by atoms with Gasteiger partial charge in [-0.25, -0.2) is 0 Å². The highest BCUT2D eigenvalue weighted by Gasteiger charge is 2.44. The molecule has 0 aromatic carbocycles. The Bertz CT molecular complexity index is 893. The smallest absolute Gasteiger partial charge is 0.170 e. The average molecular weight is 423 g/mol. The van der Waals surface area contributed by atoms with E-state index in [1.807, 2.05) is 12.3 Å². The van der Waals surface area contributed by atoms with E-state index >= 15 is 0 Å². The SMILES string of the molecule is Cc1cc([C@H]2[C@@H](c3ccccn3)NC(=S)N2C2CCCCC2)c(C)n1C1CCCC1. The van der Waals surface area contributed by atoms with Crippen molar-refractivity contribution in [2.24, 2.45) is 0 Å². The first-order valence-electron chi connectivity index (χ1n) is 11.8. The van der Waals surface area contributed by atoms with Gasteiger partial charge in [0.2, 0.25) is 0 Å². The van der Waals surface area contributed by atoms with E-state index in [2.05, 4.69) is 46.8 Å². The molecule has 0 bridgehead atoms. The third-order valence-corrected chi connectivity index (χ3v) is 7.96. The minimum atomic E-state index is 0.109. The summed E-state index contributed by atoms with van der Waals surface area (Å²) in [5.74, 6) is 0. The van der Waals surface area contributed by atoms with Gasteiger partial charge in [0, 0.05) is 29.7 Å². The van der Waals surface area contributed by atoms with Crippen LogP contribution >= 0.6 is 12.2 Å². The molecular formula is C25H34N4S. The lowest BCUT2D eigenvalue weighted by Gasteiger charge is -2.37. The van der Waals surface area contributed by atoms with Crippen LogP contribution in [0.15, 0.2) is 30.5 Å². The fourth-order valence-corrected chi connectivity index (χ4v) is 6.67. The maximum atomic E-state index is 5.95.